The van der Waals surface area contributed by atoms with Gasteiger partial charge in [-0.25, -0.2) is 9.37 Å². The molecule has 1 aromatic carbocycles. The number of halogens is 1. The summed E-state index contributed by atoms with van der Waals surface area (Å²) in [5.74, 6) is 1.10. The quantitative estimate of drug-likeness (QED) is 0.531. The second-order valence-corrected chi connectivity index (χ2v) is 11.4. The number of benzene rings is 1. The number of amides is 1. The number of hydrogen-bond donors (Lipinski definition) is 1. The number of carbonyl (C=O) groups excluding carboxylic acids is 1. The van der Waals surface area contributed by atoms with Crippen LogP contribution in [-0.4, -0.2) is 76.7 Å². The average molecular weight is 521 g/mol. The molecule has 0 spiro atoms. The fraction of sp³-hybridized carbons (Fsp3) is 0.552. The highest BCUT2D eigenvalue weighted by atomic mass is 19.1. The van der Waals surface area contributed by atoms with Crippen molar-refractivity contribution in [1.29, 1.82) is 0 Å². The number of pyridine rings is 1. The maximum Gasteiger partial charge on any atom is 0.229 e. The summed E-state index contributed by atoms with van der Waals surface area (Å²) in [6.07, 6.45) is 5.73. The number of aromatic nitrogens is 3. The fourth-order valence-corrected chi connectivity index (χ4v) is 6.61. The SMILES string of the molecule is CC[C@@H]1[C@H](C(=O)Nc2cc3cc(N4CCN([C@]5(C)COC[C@@H]5F)CC4)c(C)cc3cn2)[C@H]1c1cnn(C)c1. The molecule has 2 saturated heterocycles. The maximum absolute atomic E-state index is 14.5. The Morgan fingerprint density at radius 2 is 1.97 bits per heavy atom. The Kier molecular flexibility index (Phi) is 6.39. The van der Waals surface area contributed by atoms with Gasteiger partial charge in [0.1, 0.15) is 12.0 Å². The van der Waals surface area contributed by atoms with Crippen molar-refractivity contribution >= 4 is 28.2 Å². The normalized spacial score (nSPS) is 29.7. The molecule has 5 atom stereocenters. The standard InChI is InChI=1S/C29H37FN6O2/c1-5-22-26(21-14-32-34(4)15-21)27(22)28(37)33-25-12-19-11-23(18(2)10-20(19)13-31-25)35-6-8-36(9-7-35)29(3)17-38-16-24(29)30/h10-15,22,24,26-27H,5-9,16-17H2,1-4H3,(H,31,33,37)/t22-,24-,26-,27-,29+/m0/s1. The molecule has 8 nitrogen and oxygen atoms in total. The molecule has 1 N–H and O–H groups in total. The molecule has 1 saturated carbocycles. The highest BCUT2D eigenvalue weighted by molar-refractivity contribution is 5.97. The van der Waals surface area contributed by atoms with Gasteiger partial charge in [0.2, 0.25) is 5.91 Å². The molecular formula is C29H37FN6O2. The fourth-order valence-electron chi connectivity index (χ4n) is 6.61. The number of nitrogens with zero attached hydrogens (tertiary/aromatic N) is 5. The van der Waals surface area contributed by atoms with E-state index in [9.17, 15) is 9.18 Å². The lowest BCUT2D eigenvalue weighted by molar-refractivity contribution is -0.117. The Labute approximate surface area is 223 Å². The minimum atomic E-state index is -0.944. The van der Waals surface area contributed by atoms with E-state index in [1.807, 2.05) is 38.6 Å². The maximum atomic E-state index is 14.5. The molecule has 3 fully saturated rings. The molecule has 3 aliphatic rings. The van der Waals surface area contributed by atoms with Crippen molar-refractivity contribution in [2.75, 3.05) is 49.6 Å². The summed E-state index contributed by atoms with van der Waals surface area (Å²) in [7, 11) is 1.90. The van der Waals surface area contributed by atoms with E-state index in [4.69, 9.17) is 4.74 Å². The van der Waals surface area contributed by atoms with Crippen LogP contribution >= 0.6 is 0 Å². The van der Waals surface area contributed by atoms with Crippen LogP contribution in [0.15, 0.2) is 36.8 Å². The van der Waals surface area contributed by atoms with E-state index in [1.54, 1.807) is 4.68 Å². The predicted molar refractivity (Wildman–Crippen MR) is 146 cm³/mol. The van der Waals surface area contributed by atoms with E-state index in [0.717, 1.165) is 48.9 Å². The van der Waals surface area contributed by atoms with Gasteiger partial charge in [0.05, 0.1) is 24.9 Å². The largest absolute Gasteiger partial charge is 0.376 e. The average Bonchev–Trinajstić information content (AvgIpc) is 3.33. The van der Waals surface area contributed by atoms with Gasteiger partial charge in [-0.2, -0.15) is 5.10 Å². The molecule has 2 aromatic heterocycles. The Morgan fingerprint density at radius 3 is 2.63 bits per heavy atom. The lowest BCUT2D eigenvalue weighted by atomic mass is 9.96. The van der Waals surface area contributed by atoms with Gasteiger partial charge in [-0.15, -0.1) is 0 Å². The number of alkyl halides is 1. The van der Waals surface area contributed by atoms with Gasteiger partial charge in [0.25, 0.3) is 0 Å². The lowest BCUT2D eigenvalue weighted by Crippen LogP contribution is -2.59. The van der Waals surface area contributed by atoms with Gasteiger partial charge in [0, 0.05) is 68.5 Å². The molecule has 6 rings (SSSR count). The smallest absolute Gasteiger partial charge is 0.229 e. The first-order chi connectivity index (χ1) is 18.3. The van der Waals surface area contributed by atoms with Crippen LogP contribution in [0.2, 0.25) is 0 Å². The highest BCUT2D eigenvalue weighted by Crippen LogP contribution is 2.56. The number of anilines is 2. The minimum absolute atomic E-state index is 0.0246. The number of hydrogen-bond acceptors (Lipinski definition) is 6. The number of ether oxygens (including phenoxy) is 1. The van der Waals surface area contributed by atoms with Gasteiger partial charge in [-0.1, -0.05) is 13.3 Å². The van der Waals surface area contributed by atoms with Crippen LogP contribution in [-0.2, 0) is 16.6 Å². The second-order valence-electron chi connectivity index (χ2n) is 11.4. The summed E-state index contributed by atoms with van der Waals surface area (Å²) in [5.41, 5.74) is 2.96. The monoisotopic (exact) mass is 520 g/mol. The van der Waals surface area contributed by atoms with Crippen LogP contribution in [0, 0.1) is 18.8 Å². The first-order valence-electron chi connectivity index (χ1n) is 13.7. The number of nitrogens with one attached hydrogen (secondary N) is 1. The van der Waals surface area contributed by atoms with Crippen molar-refractivity contribution in [2.45, 2.75) is 44.8 Å². The molecule has 9 heteroatoms. The highest BCUT2D eigenvalue weighted by Gasteiger charge is 2.54. The number of fused-ring (bicyclic) bond motifs is 1. The lowest BCUT2D eigenvalue weighted by Gasteiger charge is -2.45. The molecule has 0 bridgehead atoms. The van der Waals surface area contributed by atoms with Gasteiger partial charge < -0.3 is 15.0 Å². The molecule has 4 heterocycles. The van der Waals surface area contributed by atoms with Crippen molar-refractivity contribution in [3.05, 3.63) is 47.9 Å². The first-order valence-corrected chi connectivity index (χ1v) is 13.7. The van der Waals surface area contributed by atoms with E-state index in [-0.39, 0.29) is 24.3 Å². The van der Waals surface area contributed by atoms with Crippen molar-refractivity contribution < 1.29 is 13.9 Å². The second kappa shape index (κ2) is 9.61. The van der Waals surface area contributed by atoms with Crippen molar-refractivity contribution in [3.8, 4) is 0 Å². The van der Waals surface area contributed by atoms with Gasteiger partial charge in [-0.05, 0) is 54.5 Å². The summed E-state index contributed by atoms with van der Waals surface area (Å²) < 4.78 is 21.8. The minimum Gasteiger partial charge on any atom is -0.376 e. The van der Waals surface area contributed by atoms with E-state index >= 15 is 0 Å². The number of aryl methyl sites for hydroxylation is 2. The summed E-state index contributed by atoms with van der Waals surface area (Å²) in [4.78, 5) is 22.4. The molecule has 0 unspecified atom stereocenters. The Bertz CT molecular complexity index is 1350. The van der Waals surface area contributed by atoms with Crippen molar-refractivity contribution in [1.82, 2.24) is 19.7 Å². The zero-order valence-electron chi connectivity index (χ0n) is 22.7. The van der Waals surface area contributed by atoms with E-state index in [0.29, 0.717) is 18.3 Å². The number of rotatable bonds is 6. The van der Waals surface area contributed by atoms with Crippen LogP contribution in [0.25, 0.3) is 10.8 Å². The molecule has 202 valence electrons. The van der Waals surface area contributed by atoms with E-state index in [1.165, 1.54) is 11.3 Å². The zero-order chi connectivity index (χ0) is 26.6. The number of piperazine rings is 1. The Balaban J connectivity index is 1.16. The molecular weight excluding hydrogens is 483 g/mol. The molecule has 1 aliphatic carbocycles. The van der Waals surface area contributed by atoms with Crippen LogP contribution in [0.1, 0.15) is 37.3 Å². The molecule has 0 radical (unpaired) electrons. The third-order valence-corrected chi connectivity index (χ3v) is 9.02. The summed E-state index contributed by atoms with van der Waals surface area (Å²) in [5, 5.41) is 9.46. The van der Waals surface area contributed by atoms with Crippen LogP contribution in [0.4, 0.5) is 15.9 Å². The van der Waals surface area contributed by atoms with Crippen molar-refractivity contribution in [2.24, 2.45) is 18.9 Å². The van der Waals surface area contributed by atoms with Gasteiger partial charge in [-0.3, -0.25) is 14.4 Å². The van der Waals surface area contributed by atoms with E-state index in [2.05, 4.69) is 51.2 Å². The topological polar surface area (TPSA) is 75.5 Å². The summed E-state index contributed by atoms with van der Waals surface area (Å²) in [6.45, 7) is 10.1. The third kappa shape index (κ3) is 4.35. The molecule has 38 heavy (non-hydrogen) atoms. The Morgan fingerprint density at radius 1 is 1.18 bits per heavy atom. The Hall–Kier alpha value is -3.04. The van der Waals surface area contributed by atoms with Crippen LogP contribution in [0.3, 0.4) is 0 Å². The number of carbonyl (C=O) groups is 1. The van der Waals surface area contributed by atoms with Crippen LogP contribution in [0.5, 0.6) is 0 Å². The summed E-state index contributed by atoms with van der Waals surface area (Å²) >= 11 is 0. The molecule has 1 amide bonds. The predicted octanol–water partition coefficient (Wildman–Crippen LogP) is 3.90. The van der Waals surface area contributed by atoms with Crippen molar-refractivity contribution in [3.63, 3.8) is 0 Å². The molecule has 2 aliphatic heterocycles. The molecule has 3 aromatic rings. The zero-order valence-corrected chi connectivity index (χ0v) is 22.7. The third-order valence-electron chi connectivity index (χ3n) is 9.02. The van der Waals surface area contributed by atoms with Gasteiger partial charge >= 0.3 is 0 Å². The van der Waals surface area contributed by atoms with Gasteiger partial charge in [0.15, 0.2) is 0 Å². The van der Waals surface area contributed by atoms with E-state index < -0.39 is 11.7 Å². The summed E-state index contributed by atoms with van der Waals surface area (Å²) in [6, 6.07) is 6.33. The first kappa shape index (κ1) is 25.2. The van der Waals surface area contributed by atoms with Crippen LogP contribution < -0.4 is 10.2 Å².